The molecule has 1 aromatic carbocycles. The van der Waals surface area contributed by atoms with Crippen molar-refractivity contribution in [3.8, 4) is 0 Å². The quantitative estimate of drug-likeness (QED) is 0.133. The van der Waals surface area contributed by atoms with Crippen molar-refractivity contribution >= 4 is 47.1 Å². The number of hydrogen-bond donors (Lipinski definition) is 4. The summed E-state index contributed by atoms with van der Waals surface area (Å²) in [5.41, 5.74) is 4.80. The number of carbonyl (C=O) groups is 7. The second kappa shape index (κ2) is 15.3. The lowest BCUT2D eigenvalue weighted by atomic mass is 9.88. The van der Waals surface area contributed by atoms with Crippen LogP contribution in [-0.2, 0) is 40.1 Å². The third-order valence-corrected chi connectivity index (χ3v) is 7.30. The highest BCUT2D eigenvalue weighted by atomic mass is 16.5. The van der Waals surface area contributed by atoms with Crippen LogP contribution in [0.4, 0.5) is 10.5 Å². The first-order valence-corrected chi connectivity index (χ1v) is 14.3. The Kier molecular flexibility index (Phi) is 12.4. The van der Waals surface area contributed by atoms with E-state index in [1.165, 1.54) is 20.8 Å². The molecule has 1 heterocycles. The minimum Gasteiger partial charge on any atom is -0.461 e. The van der Waals surface area contributed by atoms with Gasteiger partial charge in [-0.1, -0.05) is 32.9 Å². The van der Waals surface area contributed by atoms with E-state index in [0.29, 0.717) is 12.1 Å². The first-order valence-electron chi connectivity index (χ1n) is 14.3. The van der Waals surface area contributed by atoms with Gasteiger partial charge >= 0.3 is 12.0 Å². The van der Waals surface area contributed by atoms with E-state index < -0.39 is 64.8 Å². The number of likely N-dealkylation sites (tertiary alicyclic amines) is 1. The Morgan fingerprint density at radius 2 is 1.72 bits per heavy atom. The van der Waals surface area contributed by atoms with Crippen LogP contribution in [0.2, 0.25) is 0 Å². The van der Waals surface area contributed by atoms with Crippen LogP contribution < -0.4 is 21.7 Å². The van der Waals surface area contributed by atoms with Gasteiger partial charge in [-0.15, -0.1) is 0 Å². The van der Waals surface area contributed by atoms with E-state index in [9.17, 15) is 33.6 Å². The van der Waals surface area contributed by atoms with E-state index in [-0.39, 0.29) is 38.3 Å². The Labute approximate surface area is 251 Å². The monoisotopic (exact) mass is 601 g/mol. The topological polar surface area (TPSA) is 194 Å². The molecule has 13 heteroatoms. The number of nitrogens with zero attached hydrogens (tertiary/aromatic N) is 1. The molecule has 0 spiro atoms. The highest BCUT2D eigenvalue weighted by Gasteiger charge is 2.48. The van der Waals surface area contributed by atoms with Gasteiger partial charge in [0.05, 0.1) is 6.04 Å². The molecule has 0 aromatic heterocycles. The Morgan fingerprint density at radius 3 is 2.23 bits per heavy atom. The highest BCUT2D eigenvalue weighted by Crippen LogP contribution is 2.28. The summed E-state index contributed by atoms with van der Waals surface area (Å²) in [6.07, 6.45) is 0.396. The number of amides is 6. The van der Waals surface area contributed by atoms with Gasteiger partial charge in [-0.2, -0.15) is 0 Å². The van der Waals surface area contributed by atoms with E-state index in [2.05, 4.69) is 16.0 Å². The van der Waals surface area contributed by atoms with Gasteiger partial charge in [0.2, 0.25) is 23.6 Å². The van der Waals surface area contributed by atoms with Crippen molar-refractivity contribution in [2.24, 2.45) is 23.5 Å². The van der Waals surface area contributed by atoms with Crippen molar-refractivity contribution in [1.82, 2.24) is 15.5 Å². The largest absolute Gasteiger partial charge is 0.461 e. The van der Waals surface area contributed by atoms with E-state index in [1.807, 2.05) is 0 Å². The molecule has 2 rings (SSSR count). The van der Waals surface area contributed by atoms with Crippen LogP contribution in [0, 0.1) is 17.8 Å². The summed E-state index contributed by atoms with van der Waals surface area (Å²) in [6.45, 7) is 9.62. The number of carbonyl (C=O) groups excluding carboxylic acids is 7. The predicted octanol–water partition coefficient (Wildman–Crippen LogP) is 2.03. The fourth-order valence-corrected chi connectivity index (χ4v) is 4.78. The lowest BCUT2D eigenvalue weighted by Crippen LogP contribution is -2.60. The number of rotatable bonds is 15. The van der Waals surface area contributed by atoms with Gasteiger partial charge in [-0.25, -0.2) is 4.79 Å². The van der Waals surface area contributed by atoms with Crippen molar-refractivity contribution in [2.45, 2.75) is 85.4 Å². The average molecular weight is 602 g/mol. The molecule has 1 fully saturated rings. The molecule has 1 saturated heterocycles. The summed E-state index contributed by atoms with van der Waals surface area (Å²) in [4.78, 5) is 88.4. The Hall–Kier alpha value is -4.29. The summed E-state index contributed by atoms with van der Waals surface area (Å²) < 4.78 is 4.97. The molecule has 13 nitrogen and oxygen atoms in total. The van der Waals surface area contributed by atoms with Gasteiger partial charge in [0.1, 0.15) is 12.1 Å². The molecule has 43 heavy (non-hydrogen) atoms. The third-order valence-electron chi connectivity index (χ3n) is 7.30. The van der Waals surface area contributed by atoms with Crippen LogP contribution in [-0.4, -0.2) is 64.4 Å². The molecule has 236 valence electrons. The van der Waals surface area contributed by atoms with Crippen molar-refractivity contribution in [3.63, 3.8) is 0 Å². The zero-order valence-electron chi connectivity index (χ0n) is 25.7. The van der Waals surface area contributed by atoms with Crippen LogP contribution in [0.3, 0.4) is 0 Å². The minimum absolute atomic E-state index is 0.0123. The van der Waals surface area contributed by atoms with E-state index in [0.717, 1.165) is 10.5 Å². The van der Waals surface area contributed by atoms with Crippen molar-refractivity contribution in [3.05, 3.63) is 29.8 Å². The van der Waals surface area contributed by atoms with E-state index in [4.69, 9.17) is 10.5 Å². The number of anilines is 1. The molecule has 0 bridgehead atoms. The number of urea groups is 1. The summed E-state index contributed by atoms with van der Waals surface area (Å²) >= 11 is 0. The maximum Gasteiger partial charge on any atom is 0.312 e. The van der Waals surface area contributed by atoms with Gasteiger partial charge in [-0.3, -0.25) is 33.7 Å². The minimum atomic E-state index is -1.52. The number of ether oxygens (including phenoxy) is 1. The molecule has 0 radical (unpaired) electrons. The summed E-state index contributed by atoms with van der Waals surface area (Å²) in [6, 6.07) is 4.98. The van der Waals surface area contributed by atoms with Crippen molar-refractivity contribution in [1.29, 1.82) is 0 Å². The predicted molar refractivity (Wildman–Crippen MR) is 157 cm³/mol. The molecule has 1 aliphatic rings. The lowest BCUT2D eigenvalue weighted by Gasteiger charge is -2.35. The molecular formula is C30H43N5O8. The van der Waals surface area contributed by atoms with Crippen LogP contribution >= 0.6 is 0 Å². The number of ketones is 1. The number of nitrogens with two attached hydrogens (primary N) is 1. The summed E-state index contributed by atoms with van der Waals surface area (Å²) in [5.74, 6) is -4.50. The SMILES string of the molecule is CC(=O)OCc1ccc(NC(=O)[C@H](CCCNC(N)=O)CC(=O)[C@@H](NC(=O)C(C)(C)N2C(=O)CC(C)C2=O)C(C)C)cc1. The number of nitrogens with one attached hydrogen (secondary N) is 3. The lowest BCUT2D eigenvalue weighted by molar-refractivity contribution is -0.153. The number of imide groups is 1. The van der Waals surface area contributed by atoms with Gasteiger partial charge in [0.25, 0.3) is 0 Å². The zero-order chi connectivity index (χ0) is 32.5. The highest BCUT2D eigenvalue weighted by molar-refractivity contribution is 6.08. The molecule has 0 aliphatic carbocycles. The van der Waals surface area contributed by atoms with Gasteiger partial charge in [0, 0.05) is 43.8 Å². The average Bonchev–Trinajstić information content (AvgIpc) is 3.18. The molecule has 5 N–H and O–H groups in total. The number of hydrogen-bond acceptors (Lipinski definition) is 8. The first-order chi connectivity index (χ1) is 20.0. The van der Waals surface area contributed by atoms with Crippen LogP contribution in [0.15, 0.2) is 24.3 Å². The molecule has 6 amide bonds. The molecule has 1 aromatic rings. The Balaban J connectivity index is 2.17. The molecule has 1 unspecified atom stereocenters. The van der Waals surface area contributed by atoms with Crippen LogP contribution in [0.25, 0.3) is 0 Å². The van der Waals surface area contributed by atoms with E-state index in [1.54, 1.807) is 45.0 Å². The number of Topliss-reactive ketones (excluding diaryl/α,β-unsaturated/α-hetero) is 1. The number of esters is 1. The smallest absolute Gasteiger partial charge is 0.312 e. The van der Waals surface area contributed by atoms with Crippen LogP contribution in [0.1, 0.15) is 72.8 Å². The van der Waals surface area contributed by atoms with Crippen molar-refractivity contribution in [2.75, 3.05) is 11.9 Å². The summed E-state index contributed by atoms with van der Waals surface area (Å²) in [5, 5.41) is 7.97. The van der Waals surface area contributed by atoms with Gasteiger partial charge in [0.15, 0.2) is 5.78 Å². The zero-order valence-corrected chi connectivity index (χ0v) is 25.7. The standard InChI is InChI=1S/C30H43N5O8/c1-17(2)25(34-28(41)30(5,6)35-24(38)14-18(3)27(35)40)23(37)15-21(8-7-13-32-29(31)42)26(39)33-22-11-9-20(10-12-22)16-43-19(4)36/h9-12,17-18,21,25H,7-8,13-16H2,1-6H3,(H,33,39)(H,34,41)(H3,31,32,42)/t18?,21-,25+/m1/s1. The third kappa shape index (κ3) is 9.90. The Bertz CT molecular complexity index is 1230. The molecule has 1 aliphatic heterocycles. The second-order valence-corrected chi connectivity index (χ2v) is 11.7. The normalized spacial score (nSPS) is 16.4. The maximum atomic E-state index is 13.6. The molecule has 0 saturated carbocycles. The number of benzene rings is 1. The molecule has 3 atom stereocenters. The van der Waals surface area contributed by atoms with Crippen molar-refractivity contribution < 1.29 is 38.3 Å². The number of primary amides is 1. The molecular weight excluding hydrogens is 558 g/mol. The Morgan fingerprint density at radius 1 is 1.09 bits per heavy atom. The van der Waals surface area contributed by atoms with Gasteiger partial charge < -0.3 is 26.4 Å². The first kappa shape index (κ1) is 34.9. The van der Waals surface area contributed by atoms with Gasteiger partial charge in [-0.05, 0) is 50.3 Å². The fourth-order valence-electron chi connectivity index (χ4n) is 4.78. The van der Waals surface area contributed by atoms with Crippen LogP contribution in [0.5, 0.6) is 0 Å². The summed E-state index contributed by atoms with van der Waals surface area (Å²) in [7, 11) is 0. The maximum absolute atomic E-state index is 13.6. The van der Waals surface area contributed by atoms with E-state index >= 15 is 0 Å². The fraction of sp³-hybridized carbons (Fsp3) is 0.567. The second-order valence-electron chi connectivity index (χ2n) is 11.7.